The number of aromatic nitrogens is 2. The van der Waals surface area contributed by atoms with Crippen LogP contribution in [0.15, 0.2) is 0 Å². The molecule has 0 saturated heterocycles. The van der Waals surface area contributed by atoms with E-state index in [4.69, 9.17) is 17.3 Å². The van der Waals surface area contributed by atoms with E-state index in [2.05, 4.69) is 9.97 Å². The van der Waals surface area contributed by atoms with Gasteiger partial charge in [-0.15, -0.1) is 0 Å². The molecule has 0 bridgehead atoms. The highest BCUT2D eigenvalue weighted by molar-refractivity contribution is 7.71. The molecule has 12 heavy (non-hydrogen) atoms. The van der Waals surface area contributed by atoms with Gasteiger partial charge in [0.15, 0.2) is 4.77 Å². The summed E-state index contributed by atoms with van der Waals surface area (Å²) in [5.41, 5.74) is 0.981. The molecule has 1 heterocycles. The van der Waals surface area contributed by atoms with Crippen LogP contribution >= 0.6 is 12.2 Å². The predicted octanol–water partition coefficient (Wildman–Crippen LogP) is 1.65. The maximum absolute atomic E-state index is 10.7. The van der Waals surface area contributed by atoms with Crippen molar-refractivity contribution < 1.29 is 9.90 Å². The summed E-state index contributed by atoms with van der Waals surface area (Å²) < 4.78 is 0.397. The third-order valence-electron chi connectivity index (χ3n) is 1.96. The van der Waals surface area contributed by atoms with Crippen LogP contribution in [-0.2, 0) is 0 Å². The molecule has 2 rings (SSSR count). The van der Waals surface area contributed by atoms with Crippen LogP contribution in [-0.4, -0.2) is 21.0 Å². The van der Waals surface area contributed by atoms with Gasteiger partial charge in [0.05, 0.1) is 5.69 Å². The Morgan fingerprint density at radius 1 is 1.50 bits per heavy atom. The number of imidazole rings is 1. The van der Waals surface area contributed by atoms with Crippen LogP contribution in [0.5, 0.6) is 0 Å². The first-order valence-electron chi connectivity index (χ1n) is 3.74. The Bertz CT molecular complexity index is 375. The maximum Gasteiger partial charge on any atom is 0.354 e. The number of carboxylic acids is 1. The lowest BCUT2D eigenvalue weighted by Crippen LogP contribution is -2.00. The number of aromatic amines is 2. The molecule has 0 radical (unpaired) electrons. The average molecular weight is 184 g/mol. The molecule has 0 amide bonds. The van der Waals surface area contributed by atoms with Crippen LogP contribution in [0.1, 0.15) is 34.9 Å². The van der Waals surface area contributed by atoms with Crippen LogP contribution in [0.2, 0.25) is 0 Å². The SMILES string of the molecule is O=C(O)c1[nH]c(=S)[nH]c1C1CC1. The maximum atomic E-state index is 10.7. The summed E-state index contributed by atoms with van der Waals surface area (Å²) in [5, 5.41) is 8.76. The number of carbonyl (C=O) groups is 1. The van der Waals surface area contributed by atoms with Crippen molar-refractivity contribution in [3.05, 3.63) is 16.2 Å². The van der Waals surface area contributed by atoms with Crippen molar-refractivity contribution in [2.24, 2.45) is 0 Å². The predicted molar refractivity (Wildman–Crippen MR) is 44.9 cm³/mol. The van der Waals surface area contributed by atoms with Gasteiger partial charge in [0, 0.05) is 5.92 Å². The second-order valence-electron chi connectivity index (χ2n) is 2.95. The molecule has 0 atom stereocenters. The zero-order valence-electron chi connectivity index (χ0n) is 6.26. The molecule has 64 valence electrons. The monoisotopic (exact) mass is 184 g/mol. The van der Waals surface area contributed by atoms with E-state index in [1.165, 1.54) is 0 Å². The standard InChI is InChI=1S/C7H8N2O2S/c10-6(11)5-4(3-1-2-3)8-7(12)9-5/h3H,1-2H2,(H,10,11)(H2,8,9,12). The van der Waals surface area contributed by atoms with Crippen molar-refractivity contribution in [3.63, 3.8) is 0 Å². The highest BCUT2D eigenvalue weighted by Crippen LogP contribution is 2.40. The van der Waals surface area contributed by atoms with Crippen molar-refractivity contribution >= 4 is 18.2 Å². The molecule has 1 aromatic heterocycles. The van der Waals surface area contributed by atoms with Crippen LogP contribution in [0, 0.1) is 4.77 Å². The van der Waals surface area contributed by atoms with Crippen molar-refractivity contribution in [2.45, 2.75) is 18.8 Å². The Balaban J connectivity index is 2.50. The molecule has 1 aliphatic rings. The highest BCUT2D eigenvalue weighted by Gasteiger charge is 2.29. The molecule has 1 aliphatic carbocycles. The quantitative estimate of drug-likeness (QED) is 0.612. The fraction of sp³-hybridized carbons (Fsp3) is 0.429. The first kappa shape index (κ1) is 7.54. The fourth-order valence-corrected chi connectivity index (χ4v) is 1.46. The van der Waals surface area contributed by atoms with Crippen molar-refractivity contribution in [1.82, 2.24) is 9.97 Å². The number of nitrogens with one attached hydrogen (secondary N) is 2. The van der Waals surface area contributed by atoms with E-state index in [1.54, 1.807) is 0 Å². The number of aromatic carboxylic acids is 1. The zero-order chi connectivity index (χ0) is 8.72. The van der Waals surface area contributed by atoms with E-state index < -0.39 is 5.97 Å². The number of H-pyrrole nitrogens is 2. The minimum absolute atomic E-state index is 0.225. The third kappa shape index (κ3) is 1.16. The lowest BCUT2D eigenvalue weighted by Gasteiger charge is -1.93. The second kappa shape index (κ2) is 2.45. The lowest BCUT2D eigenvalue weighted by molar-refractivity contribution is 0.0689. The van der Waals surface area contributed by atoms with Gasteiger partial charge in [0.25, 0.3) is 0 Å². The normalized spacial score (nSPS) is 16.3. The summed E-state index contributed by atoms with van der Waals surface area (Å²) in [6.45, 7) is 0. The molecule has 1 aromatic rings. The van der Waals surface area contributed by atoms with Crippen LogP contribution in [0.25, 0.3) is 0 Å². The van der Waals surface area contributed by atoms with Gasteiger partial charge < -0.3 is 15.1 Å². The molecular weight excluding hydrogens is 176 g/mol. The lowest BCUT2D eigenvalue weighted by atomic mass is 10.2. The summed E-state index contributed by atoms with van der Waals surface area (Å²) in [5.74, 6) is -0.562. The first-order chi connectivity index (χ1) is 5.68. The molecule has 1 fully saturated rings. The van der Waals surface area contributed by atoms with Gasteiger partial charge in [0.1, 0.15) is 5.69 Å². The zero-order valence-corrected chi connectivity index (χ0v) is 7.07. The highest BCUT2D eigenvalue weighted by atomic mass is 32.1. The van der Waals surface area contributed by atoms with Crippen molar-refractivity contribution in [2.75, 3.05) is 0 Å². The molecule has 4 nitrogen and oxygen atoms in total. The minimum atomic E-state index is -0.941. The van der Waals surface area contributed by atoms with Gasteiger partial charge in [-0.25, -0.2) is 4.79 Å². The largest absolute Gasteiger partial charge is 0.477 e. The van der Waals surface area contributed by atoms with Crippen LogP contribution in [0.3, 0.4) is 0 Å². The van der Waals surface area contributed by atoms with Gasteiger partial charge in [-0.3, -0.25) is 0 Å². The molecule has 1 saturated carbocycles. The molecular formula is C7H8N2O2S. The average Bonchev–Trinajstić information content (AvgIpc) is 2.75. The Morgan fingerprint density at radius 2 is 2.17 bits per heavy atom. The van der Waals surface area contributed by atoms with Crippen LogP contribution < -0.4 is 0 Å². The van der Waals surface area contributed by atoms with E-state index in [0.29, 0.717) is 10.7 Å². The fourth-order valence-electron chi connectivity index (χ4n) is 1.24. The molecule has 0 spiro atoms. The summed E-state index contributed by atoms with van der Waals surface area (Å²) in [6.07, 6.45) is 2.12. The van der Waals surface area contributed by atoms with E-state index in [1.807, 2.05) is 0 Å². The first-order valence-corrected chi connectivity index (χ1v) is 4.15. The van der Waals surface area contributed by atoms with E-state index in [0.717, 1.165) is 18.5 Å². The van der Waals surface area contributed by atoms with Crippen molar-refractivity contribution in [1.29, 1.82) is 0 Å². The van der Waals surface area contributed by atoms with Gasteiger partial charge in [-0.05, 0) is 25.1 Å². The Labute approximate surface area is 73.6 Å². The van der Waals surface area contributed by atoms with Crippen LogP contribution in [0.4, 0.5) is 0 Å². The van der Waals surface area contributed by atoms with Gasteiger partial charge in [-0.1, -0.05) is 0 Å². The molecule has 5 heteroatoms. The van der Waals surface area contributed by atoms with Crippen molar-refractivity contribution in [3.8, 4) is 0 Å². The Kier molecular flexibility index (Phi) is 1.54. The second-order valence-corrected chi connectivity index (χ2v) is 3.36. The minimum Gasteiger partial charge on any atom is -0.477 e. The van der Waals surface area contributed by atoms with Gasteiger partial charge >= 0.3 is 5.97 Å². The van der Waals surface area contributed by atoms with E-state index in [-0.39, 0.29) is 5.69 Å². The smallest absolute Gasteiger partial charge is 0.354 e. The molecule has 0 aromatic carbocycles. The van der Waals surface area contributed by atoms with E-state index in [9.17, 15) is 4.79 Å². The number of rotatable bonds is 2. The molecule has 3 N–H and O–H groups in total. The Morgan fingerprint density at radius 3 is 2.67 bits per heavy atom. The van der Waals surface area contributed by atoms with Gasteiger partial charge in [-0.2, -0.15) is 0 Å². The topological polar surface area (TPSA) is 68.9 Å². The number of hydrogen-bond donors (Lipinski definition) is 3. The number of hydrogen-bond acceptors (Lipinski definition) is 2. The van der Waals surface area contributed by atoms with Gasteiger partial charge in [0.2, 0.25) is 0 Å². The Hall–Kier alpha value is -1.10. The third-order valence-corrected chi connectivity index (χ3v) is 2.16. The summed E-state index contributed by atoms with van der Waals surface area (Å²) in [4.78, 5) is 16.2. The van der Waals surface area contributed by atoms with E-state index >= 15 is 0 Å². The molecule has 0 unspecified atom stereocenters. The summed E-state index contributed by atoms with van der Waals surface area (Å²) in [6, 6.07) is 0. The number of carboxylic acid groups (broad SMARTS) is 1. The summed E-state index contributed by atoms with van der Waals surface area (Å²) >= 11 is 4.81. The molecule has 0 aliphatic heterocycles. The summed E-state index contributed by atoms with van der Waals surface area (Å²) in [7, 11) is 0.